The second-order valence-corrected chi connectivity index (χ2v) is 3.32. The second kappa shape index (κ2) is 4.25. The number of carbonyl (C=O) groups is 1. The van der Waals surface area contributed by atoms with Crippen molar-refractivity contribution in [3.63, 3.8) is 0 Å². The molecule has 1 aliphatic heterocycles. The van der Waals surface area contributed by atoms with Gasteiger partial charge in [-0.05, 0) is 12.8 Å². The zero-order valence-electron chi connectivity index (χ0n) is 8.42. The van der Waals surface area contributed by atoms with Gasteiger partial charge in [0.2, 0.25) is 5.91 Å². The zero-order chi connectivity index (χ0) is 9.84. The van der Waals surface area contributed by atoms with Gasteiger partial charge in [0.15, 0.2) is 5.96 Å². The van der Waals surface area contributed by atoms with E-state index in [0.717, 1.165) is 6.42 Å². The van der Waals surface area contributed by atoms with Crippen LogP contribution < -0.4 is 10.6 Å². The Hall–Kier alpha value is -1.06. The molecular weight excluding hydrogens is 166 g/mol. The van der Waals surface area contributed by atoms with Gasteiger partial charge in [-0.1, -0.05) is 20.3 Å². The highest BCUT2D eigenvalue weighted by Gasteiger charge is 2.31. The van der Waals surface area contributed by atoms with Crippen molar-refractivity contribution >= 4 is 11.9 Å². The highest BCUT2D eigenvalue weighted by atomic mass is 16.2. The van der Waals surface area contributed by atoms with Crippen LogP contribution in [0.1, 0.15) is 27.2 Å². The highest BCUT2D eigenvalue weighted by molar-refractivity contribution is 6.06. The maximum absolute atomic E-state index is 11.4. The van der Waals surface area contributed by atoms with E-state index in [-0.39, 0.29) is 11.9 Å². The Morgan fingerprint density at radius 3 is 2.77 bits per heavy atom. The number of rotatable bonds is 3. The average Bonchev–Trinajstić information content (AvgIpc) is 2.46. The summed E-state index contributed by atoms with van der Waals surface area (Å²) in [5.41, 5.74) is 0. The number of nitrogens with zero attached hydrogens (tertiary/aromatic N) is 1. The van der Waals surface area contributed by atoms with Crippen molar-refractivity contribution in [1.82, 2.24) is 10.6 Å². The molecule has 0 radical (unpaired) electrons. The van der Waals surface area contributed by atoms with Crippen LogP contribution in [0.2, 0.25) is 0 Å². The van der Waals surface area contributed by atoms with Crippen LogP contribution in [0.4, 0.5) is 0 Å². The summed E-state index contributed by atoms with van der Waals surface area (Å²) in [5, 5.41) is 5.80. The SMILES string of the molecule is CCN=C1NC(=O)C(C(C)CC)N1. The van der Waals surface area contributed by atoms with Gasteiger partial charge in [-0.25, -0.2) is 0 Å². The molecule has 74 valence electrons. The van der Waals surface area contributed by atoms with Crippen LogP contribution >= 0.6 is 0 Å². The number of hydrogen-bond acceptors (Lipinski definition) is 2. The molecule has 13 heavy (non-hydrogen) atoms. The Labute approximate surface area is 78.8 Å². The first-order valence-electron chi connectivity index (χ1n) is 4.80. The van der Waals surface area contributed by atoms with Crippen LogP contribution in [0.25, 0.3) is 0 Å². The van der Waals surface area contributed by atoms with Crippen molar-refractivity contribution in [2.45, 2.75) is 33.2 Å². The van der Waals surface area contributed by atoms with Crippen LogP contribution in [0, 0.1) is 5.92 Å². The van der Waals surface area contributed by atoms with E-state index < -0.39 is 0 Å². The number of aliphatic imine (C=N–C) groups is 1. The third-order valence-electron chi connectivity index (χ3n) is 2.35. The predicted molar refractivity (Wildman–Crippen MR) is 52.5 cm³/mol. The molecule has 0 aliphatic carbocycles. The van der Waals surface area contributed by atoms with Crippen LogP contribution in [-0.4, -0.2) is 24.5 Å². The minimum Gasteiger partial charge on any atom is -0.344 e. The third kappa shape index (κ3) is 2.20. The largest absolute Gasteiger partial charge is 0.344 e. The molecule has 1 saturated heterocycles. The Morgan fingerprint density at radius 2 is 2.23 bits per heavy atom. The summed E-state index contributed by atoms with van der Waals surface area (Å²) in [5.74, 6) is 1.02. The van der Waals surface area contributed by atoms with E-state index in [2.05, 4.69) is 29.5 Å². The molecule has 1 aliphatic rings. The molecule has 0 saturated carbocycles. The molecule has 0 aromatic carbocycles. The Balaban J connectivity index is 2.61. The Kier molecular flexibility index (Phi) is 3.28. The van der Waals surface area contributed by atoms with Gasteiger partial charge < -0.3 is 5.32 Å². The maximum Gasteiger partial charge on any atom is 0.249 e. The lowest BCUT2D eigenvalue weighted by atomic mass is 10.00. The van der Waals surface area contributed by atoms with Crippen LogP contribution in [-0.2, 0) is 4.79 Å². The normalized spacial score (nSPS) is 27.2. The molecule has 0 aromatic rings. The molecular formula is C9H17N3O. The van der Waals surface area contributed by atoms with Gasteiger partial charge in [-0.3, -0.25) is 15.1 Å². The lowest BCUT2D eigenvalue weighted by Gasteiger charge is -2.14. The Bertz CT molecular complexity index is 225. The third-order valence-corrected chi connectivity index (χ3v) is 2.35. The summed E-state index contributed by atoms with van der Waals surface area (Å²) in [6, 6.07) is -0.102. The van der Waals surface area contributed by atoms with Gasteiger partial charge in [0.05, 0.1) is 0 Å². The van der Waals surface area contributed by atoms with Crippen molar-refractivity contribution in [3.8, 4) is 0 Å². The van der Waals surface area contributed by atoms with Crippen LogP contribution in [0.15, 0.2) is 4.99 Å². The molecule has 0 bridgehead atoms. The molecule has 4 heteroatoms. The average molecular weight is 183 g/mol. The second-order valence-electron chi connectivity index (χ2n) is 3.32. The summed E-state index contributed by atoms with van der Waals surface area (Å²) in [4.78, 5) is 15.5. The number of hydrogen-bond donors (Lipinski definition) is 2. The molecule has 1 rings (SSSR count). The number of carbonyl (C=O) groups excluding carboxylic acids is 1. The predicted octanol–water partition coefficient (Wildman–Crippen LogP) is 0.496. The van der Waals surface area contributed by atoms with Crippen LogP contribution in [0.3, 0.4) is 0 Å². The van der Waals surface area contributed by atoms with E-state index in [0.29, 0.717) is 18.4 Å². The van der Waals surface area contributed by atoms with E-state index in [4.69, 9.17) is 0 Å². The molecule has 2 unspecified atom stereocenters. The molecule has 0 spiro atoms. The van der Waals surface area contributed by atoms with E-state index in [9.17, 15) is 4.79 Å². The first-order chi connectivity index (χ1) is 6.19. The molecule has 2 atom stereocenters. The van der Waals surface area contributed by atoms with Gasteiger partial charge in [-0.2, -0.15) is 0 Å². The lowest BCUT2D eigenvalue weighted by Crippen LogP contribution is -2.35. The molecule has 4 nitrogen and oxygen atoms in total. The maximum atomic E-state index is 11.4. The first-order valence-corrected chi connectivity index (χ1v) is 4.80. The number of nitrogens with one attached hydrogen (secondary N) is 2. The minimum atomic E-state index is -0.102. The van der Waals surface area contributed by atoms with Gasteiger partial charge in [0.1, 0.15) is 6.04 Å². The van der Waals surface area contributed by atoms with E-state index >= 15 is 0 Å². The molecule has 1 amide bonds. The summed E-state index contributed by atoms with van der Waals surface area (Å²) >= 11 is 0. The number of amides is 1. The van der Waals surface area contributed by atoms with E-state index in [1.54, 1.807) is 0 Å². The summed E-state index contributed by atoms with van der Waals surface area (Å²) < 4.78 is 0. The van der Waals surface area contributed by atoms with Crippen molar-refractivity contribution in [2.75, 3.05) is 6.54 Å². The lowest BCUT2D eigenvalue weighted by molar-refractivity contribution is -0.121. The fourth-order valence-corrected chi connectivity index (χ4v) is 1.32. The van der Waals surface area contributed by atoms with Gasteiger partial charge in [0, 0.05) is 6.54 Å². The quantitative estimate of drug-likeness (QED) is 0.669. The topological polar surface area (TPSA) is 53.5 Å². The molecule has 1 fully saturated rings. The molecule has 2 N–H and O–H groups in total. The van der Waals surface area contributed by atoms with Gasteiger partial charge in [0.25, 0.3) is 0 Å². The van der Waals surface area contributed by atoms with Gasteiger partial charge >= 0.3 is 0 Å². The molecule has 0 aromatic heterocycles. The van der Waals surface area contributed by atoms with Crippen molar-refractivity contribution in [2.24, 2.45) is 10.9 Å². The first kappa shape index (κ1) is 10.0. The smallest absolute Gasteiger partial charge is 0.249 e. The monoisotopic (exact) mass is 183 g/mol. The van der Waals surface area contributed by atoms with Crippen molar-refractivity contribution in [3.05, 3.63) is 0 Å². The Morgan fingerprint density at radius 1 is 1.54 bits per heavy atom. The van der Waals surface area contributed by atoms with Crippen molar-refractivity contribution < 1.29 is 4.79 Å². The van der Waals surface area contributed by atoms with Crippen molar-refractivity contribution in [1.29, 1.82) is 0 Å². The highest BCUT2D eigenvalue weighted by Crippen LogP contribution is 2.10. The van der Waals surface area contributed by atoms with E-state index in [1.165, 1.54) is 0 Å². The summed E-state index contributed by atoms with van der Waals surface area (Å²) in [7, 11) is 0. The fourth-order valence-electron chi connectivity index (χ4n) is 1.32. The molecule has 1 heterocycles. The fraction of sp³-hybridized carbons (Fsp3) is 0.778. The zero-order valence-corrected chi connectivity index (χ0v) is 8.42. The van der Waals surface area contributed by atoms with Gasteiger partial charge in [-0.15, -0.1) is 0 Å². The standard InChI is InChI=1S/C9H17N3O/c1-4-6(3)7-8(13)12-9(11-7)10-5-2/h6-7H,4-5H2,1-3H3,(H2,10,11,12,13). The minimum absolute atomic E-state index is 0.0431. The number of guanidine groups is 1. The summed E-state index contributed by atoms with van der Waals surface area (Å²) in [6.45, 7) is 6.77. The van der Waals surface area contributed by atoms with Crippen LogP contribution in [0.5, 0.6) is 0 Å². The summed E-state index contributed by atoms with van der Waals surface area (Å²) in [6.07, 6.45) is 0.991. The van der Waals surface area contributed by atoms with E-state index in [1.807, 2.05) is 6.92 Å².